The van der Waals surface area contributed by atoms with Crippen molar-refractivity contribution in [2.45, 2.75) is 45.8 Å². The second kappa shape index (κ2) is 7.84. The van der Waals surface area contributed by atoms with Crippen molar-refractivity contribution in [3.05, 3.63) is 23.8 Å². The quantitative estimate of drug-likeness (QED) is 0.809. The average Bonchev–Trinajstić information content (AvgIpc) is 2.62. The van der Waals surface area contributed by atoms with Crippen molar-refractivity contribution in [2.24, 2.45) is 11.3 Å². The van der Waals surface area contributed by atoms with Gasteiger partial charge in [-0.25, -0.2) is 0 Å². The number of aliphatic carboxylic acids is 1. The molecule has 0 bridgehead atoms. The van der Waals surface area contributed by atoms with Crippen LogP contribution >= 0.6 is 0 Å². The van der Waals surface area contributed by atoms with Gasteiger partial charge in [0, 0.05) is 19.6 Å². The maximum atomic E-state index is 12.1. The van der Waals surface area contributed by atoms with E-state index in [1.165, 1.54) is 0 Å². The van der Waals surface area contributed by atoms with Crippen molar-refractivity contribution in [3.8, 4) is 11.5 Å². The number of carboxylic acid groups (broad SMARTS) is 1. The number of aliphatic hydroxyl groups is 1. The maximum absolute atomic E-state index is 12.1. The van der Waals surface area contributed by atoms with E-state index in [0.717, 1.165) is 23.5 Å². The molecule has 1 aromatic rings. The summed E-state index contributed by atoms with van der Waals surface area (Å²) in [7, 11) is 0. The fourth-order valence-corrected chi connectivity index (χ4v) is 3.85. The van der Waals surface area contributed by atoms with E-state index in [1.54, 1.807) is 0 Å². The van der Waals surface area contributed by atoms with Crippen LogP contribution in [0, 0.1) is 11.3 Å². The predicted octanol–water partition coefficient (Wildman–Crippen LogP) is 2.53. The third-order valence-electron chi connectivity index (χ3n) is 5.47. The van der Waals surface area contributed by atoms with E-state index in [2.05, 4.69) is 18.7 Å². The number of ether oxygens (including phenoxy) is 2. The fraction of sp³-hybridized carbons (Fsp3) is 0.650. The molecule has 2 N–H and O–H groups in total. The van der Waals surface area contributed by atoms with Crippen LogP contribution in [0.1, 0.15) is 38.7 Å². The van der Waals surface area contributed by atoms with Crippen LogP contribution in [0.25, 0.3) is 0 Å². The van der Waals surface area contributed by atoms with Gasteiger partial charge in [0.05, 0.1) is 6.10 Å². The summed E-state index contributed by atoms with van der Waals surface area (Å²) in [6.45, 7) is 6.96. The summed E-state index contributed by atoms with van der Waals surface area (Å²) in [5, 5.41) is 20.4. The molecule has 2 aliphatic rings. The number of carboxylic acids is 1. The molecule has 1 aromatic carbocycles. The highest BCUT2D eigenvalue weighted by atomic mass is 16.6. The van der Waals surface area contributed by atoms with E-state index >= 15 is 0 Å². The molecule has 0 amide bonds. The molecule has 2 heterocycles. The number of rotatable bonds is 6. The molecule has 0 aromatic heterocycles. The summed E-state index contributed by atoms with van der Waals surface area (Å²) in [6, 6.07) is 5.87. The fourth-order valence-electron chi connectivity index (χ4n) is 3.85. The summed E-state index contributed by atoms with van der Waals surface area (Å²) >= 11 is 0. The first-order valence-electron chi connectivity index (χ1n) is 9.43. The van der Waals surface area contributed by atoms with Crippen LogP contribution in [0.3, 0.4) is 0 Å². The van der Waals surface area contributed by atoms with E-state index in [-0.39, 0.29) is 0 Å². The Morgan fingerprint density at radius 2 is 2.04 bits per heavy atom. The van der Waals surface area contributed by atoms with Crippen molar-refractivity contribution in [3.63, 3.8) is 0 Å². The van der Waals surface area contributed by atoms with Gasteiger partial charge in [-0.05, 0) is 42.9 Å². The zero-order valence-electron chi connectivity index (χ0n) is 15.6. The van der Waals surface area contributed by atoms with Gasteiger partial charge in [0.1, 0.15) is 18.6 Å². The van der Waals surface area contributed by atoms with Gasteiger partial charge in [-0.3, -0.25) is 9.69 Å². The molecule has 0 aliphatic carbocycles. The number of hydrogen-bond donors (Lipinski definition) is 2. The number of aliphatic hydroxyl groups excluding tert-OH is 1. The van der Waals surface area contributed by atoms with Crippen molar-refractivity contribution < 1.29 is 24.5 Å². The number of carbonyl (C=O) groups is 1. The predicted molar refractivity (Wildman–Crippen MR) is 97.5 cm³/mol. The molecule has 0 spiro atoms. The molecule has 0 unspecified atom stereocenters. The molecule has 0 radical (unpaired) electrons. The monoisotopic (exact) mass is 363 g/mol. The van der Waals surface area contributed by atoms with Crippen molar-refractivity contribution >= 4 is 5.97 Å². The van der Waals surface area contributed by atoms with Gasteiger partial charge in [-0.1, -0.05) is 19.9 Å². The van der Waals surface area contributed by atoms with Gasteiger partial charge in [0.15, 0.2) is 11.5 Å². The standard InChI is InChI=1S/C20H29NO5/c1-14(2)5-7-20(19(23)24)13-21(8-6-18(20)22)12-15-3-4-16-17(11-15)26-10-9-25-16/h3-4,11,14,18,22H,5-10,12-13H2,1-2H3,(H,23,24)/t18-,20-/m1/s1. The molecule has 3 rings (SSSR count). The second-order valence-corrected chi connectivity index (χ2v) is 7.89. The minimum atomic E-state index is -1.09. The van der Waals surface area contributed by atoms with E-state index in [1.807, 2.05) is 18.2 Å². The first-order chi connectivity index (χ1) is 12.4. The Labute approximate surface area is 154 Å². The Bertz CT molecular complexity index is 647. The van der Waals surface area contributed by atoms with Gasteiger partial charge >= 0.3 is 5.97 Å². The lowest BCUT2D eigenvalue weighted by Gasteiger charge is -2.43. The van der Waals surface area contributed by atoms with E-state index in [9.17, 15) is 15.0 Å². The number of piperidine rings is 1. The summed E-state index contributed by atoms with van der Waals surface area (Å²) in [5.74, 6) is 1.02. The molecule has 1 saturated heterocycles. The smallest absolute Gasteiger partial charge is 0.313 e. The Kier molecular flexibility index (Phi) is 5.73. The van der Waals surface area contributed by atoms with Gasteiger partial charge < -0.3 is 19.7 Å². The highest BCUT2D eigenvalue weighted by Crippen LogP contribution is 2.38. The number of nitrogens with zero attached hydrogens (tertiary/aromatic N) is 1. The van der Waals surface area contributed by atoms with Crippen molar-refractivity contribution in [1.29, 1.82) is 0 Å². The molecule has 6 nitrogen and oxygen atoms in total. The summed E-state index contributed by atoms with van der Waals surface area (Å²) in [6.07, 6.45) is 0.977. The van der Waals surface area contributed by atoms with E-state index in [0.29, 0.717) is 51.6 Å². The van der Waals surface area contributed by atoms with Crippen LogP contribution < -0.4 is 9.47 Å². The van der Waals surface area contributed by atoms with Crippen LogP contribution in [-0.4, -0.2) is 53.5 Å². The SMILES string of the molecule is CC(C)CC[C@@]1(C(=O)O)CN(Cc2ccc3c(c2)OCCO3)CC[C@H]1O. The molecular formula is C20H29NO5. The van der Waals surface area contributed by atoms with Crippen LogP contribution in [0.15, 0.2) is 18.2 Å². The van der Waals surface area contributed by atoms with Crippen molar-refractivity contribution in [2.75, 3.05) is 26.3 Å². The third-order valence-corrected chi connectivity index (χ3v) is 5.47. The van der Waals surface area contributed by atoms with E-state index in [4.69, 9.17) is 9.47 Å². The normalized spacial score (nSPS) is 26.1. The summed E-state index contributed by atoms with van der Waals surface area (Å²) < 4.78 is 11.2. The number of likely N-dealkylation sites (tertiary alicyclic amines) is 1. The highest BCUT2D eigenvalue weighted by molar-refractivity contribution is 5.76. The first kappa shape index (κ1) is 19.0. The number of benzene rings is 1. The number of fused-ring (bicyclic) bond motifs is 1. The topological polar surface area (TPSA) is 79.2 Å². The Morgan fingerprint density at radius 3 is 2.73 bits per heavy atom. The Hall–Kier alpha value is -1.79. The molecule has 2 aliphatic heterocycles. The number of hydrogen-bond acceptors (Lipinski definition) is 5. The lowest BCUT2D eigenvalue weighted by Crippen LogP contribution is -2.55. The summed E-state index contributed by atoms with van der Waals surface area (Å²) in [4.78, 5) is 14.2. The lowest BCUT2D eigenvalue weighted by atomic mass is 9.72. The molecule has 0 saturated carbocycles. The minimum Gasteiger partial charge on any atom is -0.486 e. The van der Waals surface area contributed by atoms with Crippen LogP contribution in [0.5, 0.6) is 11.5 Å². The molecule has 144 valence electrons. The van der Waals surface area contributed by atoms with Crippen LogP contribution in [0.4, 0.5) is 0 Å². The molecule has 2 atom stereocenters. The minimum absolute atomic E-state index is 0.366. The zero-order chi connectivity index (χ0) is 18.7. The molecular weight excluding hydrogens is 334 g/mol. The Morgan fingerprint density at radius 1 is 1.31 bits per heavy atom. The molecule has 1 fully saturated rings. The third kappa shape index (κ3) is 3.96. The maximum Gasteiger partial charge on any atom is 0.313 e. The zero-order valence-corrected chi connectivity index (χ0v) is 15.6. The lowest BCUT2D eigenvalue weighted by molar-refractivity contribution is -0.165. The highest BCUT2D eigenvalue weighted by Gasteiger charge is 2.48. The van der Waals surface area contributed by atoms with Crippen molar-refractivity contribution in [1.82, 2.24) is 4.90 Å². The second-order valence-electron chi connectivity index (χ2n) is 7.89. The van der Waals surface area contributed by atoms with Gasteiger partial charge in [-0.2, -0.15) is 0 Å². The van der Waals surface area contributed by atoms with Crippen LogP contribution in [0.2, 0.25) is 0 Å². The molecule has 26 heavy (non-hydrogen) atoms. The van der Waals surface area contributed by atoms with Gasteiger partial charge in [0.2, 0.25) is 0 Å². The van der Waals surface area contributed by atoms with E-state index < -0.39 is 17.5 Å². The van der Waals surface area contributed by atoms with Crippen LogP contribution in [-0.2, 0) is 11.3 Å². The first-order valence-corrected chi connectivity index (χ1v) is 9.43. The largest absolute Gasteiger partial charge is 0.486 e. The average molecular weight is 363 g/mol. The molecule has 6 heteroatoms. The summed E-state index contributed by atoms with van der Waals surface area (Å²) in [5.41, 5.74) is -0.0233. The van der Waals surface area contributed by atoms with Gasteiger partial charge in [0.25, 0.3) is 0 Å². The Balaban J connectivity index is 1.73. The van der Waals surface area contributed by atoms with Gasteiger partial charge in [-0.15, -0.1) is 0 Å².